The second-order valence-corrected chi connectivity index (χ2v) is 9.47. The molecule has 1 heterocycles. The summed E-state index contributed by atoms with van der Waals surface area (Å²) in [5.74, 6) is 0.146. The van der Waals surface area contributed by atoms with Gasteiger partial charge in [-0.15, -0.1) is 0 Å². The van der Waals surface area contributed by atoms with Gasteiger partial charge in [0.25, 0.3) is 5.91 Å². The average Bonchev–Trinajstić information content (AvgIpc) is 2.92. The van der Waals surface area contributed by atoms with Crippen LogP contribution in [0.25, 0.3) is 21.5 Å². The fourth-order valence-electron chi connectivity index (χ4n) is 5.35. The van der Waals surface area contributed by atoms with Crippen molar-refractivity contribution in [2.75, 3.05) is 14.1 Å². The Morgan fingerprint density at radius 2 is 1.36 bits per heavy atom. The summed E-state index contributed by atoms with van der Waals surface area (Å²) in [4.78, 5) is 28.9. The molecule has 0 N–H and O–H groups in total. The lowest BCUT2D eigenvalue weighted by Gasteiger charge is -2.40. The molecule has 176 valence electrons. The molecule has 0 fully saturated rings. The SMILES string of the molecule is CN(C)C(=O)c1cc2ccc3ccccc3c2c2c1C(=O)CC(c1ccccc1)(c1ccccc1)O2. The summed E-state index contributed by atoms with van der Waals surface area (Å²) in [7, 11) is 3.40. The van der Waals surface area contributed by atoms with E-state index in [1.54, 1.807) is 14.1 Å². The molecule has 4 heteroatoms. The van der Waals surface area contributed by atoms with Crippen molar-refractivity contribution in [2.24, 2.45) is 0 Å². The molecule has 5 aromatic carbocycles. The van der Waals surface area contributed by atoms with Gasteiger partial charge in [0.15, 0.2) is 11.4 Å². The molecule has 0 saturated heterocycles. The van der Waals surface area contributed by atoms with Crippen molar-refractivity contribution in [3.63, 3.8) is 0 Å². The molecule has 0 saturated carbocycles. The minimum Gasteiger partial charge on any atom is -0.476 e. The second-order valence-electron chi connectivity index (χ2n) is 9.47. The maximum absolute atomic E-state index is 14.1. The minimum atomic E-state index is -1.02. The summed E-state index contributed by atoms with van der Waals surface area (Å²) in [6.45, 7) is 0. The smallest absolute Gasteiger partial charge is 0.254 e. The molecule has 1 aliphatic rings. The van der Waals surface area contributed by atoms with Gasteiger partial charge in [0.05, 0.1) is 17.5 Å². The lowest BCUT2D eigenvalue weighted by Crippen LogP contribution is -2.41. The van der Waals surface area contributed by atoms with Crippen LogP contribution in [0.15, 0.2) is 103 Å². The summed E-state index contributed by atoms with van der Waals surface area (Å²) in [5, 5.41) is 3.75. The third kappa shape index (κ3) is 3.29. The van der Waals surface area contributed by atoms with Crippen LogP contribution < -0.4 is 4.74 Å². The molecule has 6 rings (SSSR count). The van der Waals surface area contributed by atoms with Crippen molar-refractivity contribution in [3.05, 3.63) is 125 Å². The number of hydrogen-bond donors (Lipinski definition) is 0. The van der Waals surface area contributed by atoms with Crippen LogP contribution in [-0.4, -0.2) is 30.7 Å². The zero-order valence-corrected chi connectivity index (χ0v) is 20.2. The number of carbonyl (C=O) groups is 2. The summed E-state index contributed by atoms with van der Waals surface area (Å²) in [6, 6.07) is 33.7. The first-order chi connectivity index (χ1) is 17.5. The fourth-order valence-corrected chi connectivity index (χ4v) is 5.35. The van der Waals surface area contributed by atoms with E-state index in [2.05, 4.69) is 0 Å². The molecule has 36 heavy (non-hydrogen) atoms. The Balaban J connectivity index is 1.74. The number of hydrogen-bond acceptors (Lipinski definition) is 3. The van der Waals surface area contributed by atoms with Gasteiger partial charge in [-0.2, -0.15) is 0 Å². The zero-order chi connectivity index (χ0) is 24.9. The van der Waals surface area contributed by atoms with Crippen molar-refractivity contribution in [3.8, 4) is 5.75 Å². The number of ketones is 1. The van der Waals surface area contributed by atoms with Gasteiger partial charge in [0.1, 0.15) is 5.75 Å². The molecule has 0 aromatic heterocycles. The van der Waals surface area contributed by atoms with E-state index >= 15 is 0 Å². The van der Waals surface area contributed by atoms with Crippen LogP contribution in [0.5, 0.6) is 5.75 Å². The molecule has 4 nitrogen and oxygen atoms in total. The van der Waals surface area contributed by atoms with Gasteiger partial charge in [-0.25, -0.2) is 0 Å². The Labute approximate surface area is 209 Å². The maximum atomic E-state index is 14.1. The Kier molecular flexibility index (Phi) is 5.11. The van der Waals surface area contributed by atoms with Crippen molar-refractivity contribution in [1.29, 1.82) is 0 Å². The van der Waals surface area contributed by atoms with Gasteiger partial charge >= 0.3 is 0 Å². The summed E-state index contributed by atoms with van der Waals surface area (Å²) >= 11 is 0. The lowest BCUT2D eigenvalue weighted by atomic mass is 9.77. The average molecular weight is 472 g/mol. The fraction of sp³-hybridized carbons (Fsp3) is 0.125. The number of carbonyl (C=O) groups excluding carboxylic acids is 2. The first kappa shape index (κ1) is 22.1. The Morgan fingerprint density at radius 1 is 0.778 bits per heavy atom. The van der Waals surface area contributed by atoms with Crippen molar-refractivity contribution in [2.45, 2.75) is 12.0 Å². The summed E-state index contributed by atoms with van der Waals surface area (Å²) in [6.07, 6.45) is 0.0952. The number of nitrogens with zero attached hydrogens (tertiary/aromatic N) is 1. The van der Waals surface area contributed by atoms with Crippen LogP contribution in [0.3, 0.4) is 0 Å². The van der Waals surface area contributed by atoms with Crippen LogP contribution in [0, 0.1) is 0 Å². The number of Topliss-reactive ketones (excluding diaryl/α,β-unsaturated/α-hetero) is 1. The summed E-state index contributed by atoms with van der Waals surface area (Å²) < 4.78 is 7.06. The molecule has 0 bridgehead atoms. The minimum absolute atomic E-state index is 0.0952. The monoisotopic (exact) mass is 471 g/mol. The largest absolute Gasteiger partial charge is 0.476 e. The van der Waals surface area contributed by atoms with Gasteiger partial charge in [0.2, 0.25) is 0 Å². The molecule has 0 atom stereocenters. The van der Waals surface area contributed by atoms with Gasteiger partial charge in [-0.05, 0) is 22.2 Å². The first-order valence-corrected chi connectivity index (χ1v) is 12.0. The summed E-state index contributed by atoms with van der Waals surface area (Å²) in [5.41, 5.74) is 1.51. The first-order valence-electron chi connectivity index (χ1n) is 12.0. The normalized spacial score (nSPS) is 14.3. The second kappa shape index (κ2) is 8.35. The van der Waals surface area contributed by atoms with Crippen molar-refractivity contribution >= 4 is 33.2 Å². The molecule has 0 unspecified atom stereocenters. The van der Waals surface area contributed by atoms with Crippen molar-refractivity contribution in [1.82, 2.24) is 4.90 Å². The van der Waals surface area contributed by atoms with Crippen LogP contribution in [0.2, 0.25) is 0 Å². The van der Waals surface area contributed by atoms with E-state index in [0.29, 0.717) is 16.9 Å². The maximum Gasteiger partial charge on any atom is 0.254 e. The molecule has 1 amide bonds. The van der Waals surface area contributed by atoms with Crippen LogP contribution in [0.4, 0.5) is 0 Å². The van der Waals surface area contributed by atoms with E-state index < -0.39 is 5.60 Å². The Morgan fingerprint density at radius 3 is 2.00 bits per heavy atom. The Bertz CT molecular complexity index is 1600. The van der Waals surface area contributed by atoms with Crippen LogP contribution in [0.1, 0.15) is 38.3 Å². The molecule has 1 aliphatic heterocycles. The number of rotatable bonds is 3. The van der Waals surface area contributed by atoms with E-state index in [-0.39, 0.29) is 18.1 Å². The predicted octanol–water partition coefficient (Wildman–Crippen LogP) is 6.60. The van der Waals surface area contributed by atoms with E-state index in [4.69, 9.17) is 4.74 Å². The Hall–Kier alpha value is -4.44. The highest BCUT2D eigenvalue weighted by Crippen LogP contribution is 2.49. The van der Waals surface area contributed by atoms with E-state index in [9.17, 15) is 9.59 Å². The number of amides is 1. The van der Waals surface area contributed by atoms with Gasteiger partial charge in [0, 0.05) is 30.6 Å². The molecule has 0 radical (unpaired) electrons. The molecule has 0 aliphatic carbocycles. The van der Waals surface area contributed by atoms with E-state index in [0.717, 1.165) is 32.7 Å². The lowest BCUT2D eigenvalue weighted by molar-refractivity contribution is 0.0615. The molecule has 0 spiro atoms. The molecular formula is C32H25NO3. The van der Waals surface area contributed by atoms with Crippen LogP contribution >= 0.6 is 0 Å². The predicted molar refractivity (Wildman–Crippen MR) is 143 cm³/mol. The zero-order valence-electron chi connectivity index (χ0n) is 20.2. The highest BCUT2D eigenvalue weighted by Gasteiger charge is 2.46. The third-order valence-electron chi connectivity index (χ3n) is 7.07. The number of ether oxygens (including phenoxy) is 1. The third-order valence-corrected chi connectivity index (χ3v) is 7.07. The van der Waals surface area contributed by atoms with E-state index in [1.165, 1.54) is 4.90 Å². The number of fused-ring (bicyclic) bond motifs is 5. The molecular weight excluding hydrogens is 446 g/mol. The van der Waals surface area contributed by atoms with Gasteiger partial charge in [-0.3, -0.25) is 9.59 Å². The van der Waals surface area contributed by atoms with E-state index in [1.807, 2.05) is 103 Å². The number of benzene rings is 5. The van der Waals surface area contributed by atoms with Crippen LogP contribution in [-0.2, 0) is 5.60 Å². The van der Waals surface area contributed by atoms with Crippen molar-refractivity contribution < 1.29 is 14.3 Å². The molecule has 5 aromatic rings. The highest BCUT2D eigenvalue weighted by molar-refractivity contribution is 6.20. The highest BCUT2D eigenvalue weighted by atomic mass is 16.5. The topological polar surface area (TPSA) is 46.6 Å². The quantitative estimate of drug-likeness (QED) is 0.278. The van der Waals surface area contributed by atoms with Gasteiger partial charge < -0.3 is 9.64 Å². The van der Waals surface area contributed by atoms with Gasteiger partial charge in [-0.1, -0.05) is 97.1 Å². The standard InChI is InChI=1S/C32H25NO3/c1-33(2)31(35)26-19-22-18-17-21-11-9-10-16-25(21)28(22)30-29(26)27(34)20-32(36-30,23-12-5-3-6-13-23)24-14-7-4-8-15-24/h3-19H,20H2,1-2H3.